The van der Waals surface area contributed by atoms with Crippen LogP contribution < -0.4 is 11.2 Å². The molecule has 0 atom stereocenters. The molecule has 0 saturated carbocycles. The van der Waals surface area contributed by atoms with Gasteiger partial charge in [0.1, 0.15) is 22.9 Å². The molecule has 0 saturated heterocycles. The summed E-state index contributed by atoms with van der Waals surface area (Å²) in [5.41, 5.74) is 0.123. The van der Waals surface area contributed by atoms with E-state index in [4.69, 9.17) is 4.52 Å². The summed E-state index contributed by atoms with van der Waals surface area (Å²) in [4.78, 5) is 30.4. The van der Waals surface area contributed by atoms with Crippen molar-refractivity contribution in [2.75, 3.05) is 0 Å². The number of thiophene rings is 1. The van der Waals surface area contributed by atoms with E-state index >= 15 is 0 Å². The van der Waals surface area contributed by atoms with Gasteiger partial charge in [0, 0.05) is 5.56 Å². The van der Waals surface area contributed by atoms with Crippen LogP contribution in [0.5, 0.6) is 0 Å². The third-order valence-corrected chi connectivity index (χ3v) is 5.60. The summed E-state index contributed by atoms with van der Waals surface area (Å²) in [7, 11) is 0. The molecule has 0 spiro atoms. The van der Waals surface area contributed by atoms with Crippen LogP contribution in [0.4, 0.5) is 8.78 Å². The first-order valence-corrected chi connectivity index (χ1v) is 9.97. The molecule has 0 unspecified atom stereocenters. The molecule has 0 amide bonds. The third-order valence-electron chi connectivity index (χ3n) is 4.70. The van der Waals surface area contributed by atoms with E-state index in [1.54, 1.807) is 11.4 Å². The molecule has 0 bridgehead atoms. The normalized spacial score (nSPS) is 11.3. The Bertz CT molecular complexity index is 1520. The Labute approximate surface area is 176 Å². The van der Waals surface area contributed by atoms with E-state index < -0.39 is 17.1 Å². The summed E-state index contributed by atoms with van der Waals surface area (Å²) in [5.74, 6) is -0.481. The molecular formula is C21H12F2N4O3S. The van der Waals surface area contributed by atoms with E-state index in [0.29, 0.717) is 15.8 Å². The summed E-state index contributed by atoms with van der Waals surface area (Å²) in [6.45, 7) is -0.0816. The zero-order valence-electron chi connectivity index (χ0n) is 15.7. The number of hydrogen-bond acceptors (Lipinski definition) is 6. The van der Waals surface area contributed by atoms with Crippen LogP contribution >= 0.6 is 11.3 Å². The van der Waals surface area contributed by atoms with Crippen LogP contribution in [0.25, 0.3) is 27.3 Å². The summed E-state index contributed by atoms with van der Waals surface area (Å²) < 4.78 is 34.4. The van der Waals surface area contributed by atoms with Gasteiger partial charge in [-0.25, -0.2) is 18.1 Å². The maximum absolute atomic E-state index is 13.3. The first-order valence-electron chi connectivity index (χ1n) is 9.09. The van der Waals surface area contributed by atoms with E-state index in [9.17, 15) is 18.4 Å². The minimum absolute atomic E-state index is 0.0816. The van der Waals surface area contributed by atoms with E-state index in [1.807, 2.05) is 0 Å². The van der Waals surface area contributed by atoms with Gasteiger partial charge in [0.2, 0.25) is 11.7 Å². The molecule has 154 valence electrons. The predicted octanol–water partition coefficient (Wildman–Crippen LogP) is 3.59. The van der Waals surface area contributed by atoms with Gasteiger partial charge in [0.05, 0.1) is 11.2 Å². The summed E-state index contributed by atoms with van der Waals surface area (Å²) in [5, 5.41) is 5.59. The zero-order valence-corrected chi connectivity index (χ0v) is 16.5. The summed E-state index contributed by atoms with van der Waals surface area (Å²) in [6, 6.07) is 12.3. The van der Waals surface area contributed by atoms with Crippen molar-refractivity contribution in [3.63, 3.8) is 0 Å². The Kier molecular flexibility index (Phi) is 4.55. The van der Waals surface area contributed by atoms with Gasteiger partial charge < -0.3 is 4.52 Å². The maximum atomic E-state index is 13.3. The van der Waals surface area contributed by atoms with Crippen molar-refractivity contribution in [1.82, 2.24) is 19.3 Å². The van der Waals surface area contributed by atoms with Gasteiger partial charge in [-0.05, 0) is 60.0 Å². The van der Waals surface area contributed by atoms with Gasteiger partial charge in [-0.2, -0.15) is 4.98 Å². The molecule has 0 radical (unpaired) electrons. The highest BCUT2D eigenvalue weighted by atomic mass is 32.1. The average molecular weight is 438 g/mol. The summed E-state index contributed by atoms with van der Waals surface area (Å²) in [6.07, 6.45) is 0. The molecule has 0 aliphatic rings. The average Bonchev–Trinajstić information content (AvgIpc) is 3.43. The highest BCUT2D eigenvalue weighted by molar-refractivity contribution is 7.17. The van der Waals surface area contributed by atoms with E-state index in [1.165, 1.54) is 64.4 Å². The second-order valence-corrected chi connectivity index (χ2v) is 7.56. The van der Waals surface area contributed by atoms with Crippen molar-refractivity contribution >= 4 is 21.6 Å². The predicted molar refractivity (Wildman–Crippen MR) is 110 cm³/mol. The molecule has 5 aromatic rings. The van der Waals surface area contributed by atoms with Crippen molar-refractivity contribution in [2.24, 2.45) is 0 Å². The number of fused-ring (bicyclic) bond motifs is 1. The molecule has 0 aliphatic heterocycles. The van der Waals surface area contributed by atoms with Crippen molar-refractivity contribution in [3.8, 4) is 17.1 Å². The van der Waals surface area contributed by atoms with E-state index in [2.05, 4.69) is 10.1 Å². The fourth-order valence-corrected chi connectivity index (χ4v) is 4.05. The second kappa shape index (κ2) is 7.40. The van der Waals surface area contributed by atoms with Gasteiger partial charge in [0.15, 0.2) is 0 Å². The van der Waals surface area contributed by atoms with Crippen molar-refractivity contribution < 1.29 is 13.3 Å². The van der Waals surface area contributed by atoms with Gasteiger partial charge in [0.25, 0.3) is 5.56 Å². The lowest BCUT2D eigenvalue weighted by Crippen LogP contribution is -2.38. The lowest BCUT2D eigenvalue weighted by molar-refractivity contribution is 0.370. The minimum Gasteiger partial charge on any atom is -0.337 e. The number of rotatable bonds is 4. The van der Waals surface area contributed by atoms with E-state index in [0.717, 1.165) is 4.57 Å². The van der Waals surface area contributed by atoms with Crippen LogP contribution in [-0.2, 0) is 6.54 Å². The molecule has 3 heterocycles. The third kappa shape index (κ3) is 3.36. The molecule has 31 heavy (non-hydrogen) atoms. The number of aromatic nitrogens is 4. The molecule has 0 aliphatic carbocycles. The van der Waals surface area contributed by atoms with Crippen LogP contribution in [0.2, 0.25) is 0 Å². The number of benzene rings is 2. The number of nitrogens with zero attached hydrogens (tertiary/aromatic N) is 4. The SMILES string of the molecule is O=c1c2sccc2n(Cc2nc(-c3ccc(F)cc3)no2)c(=O)n1-c1ccc(F)cc1. The first-order chi connectivity index (χ1) is 15.0. The summed E-state index contributed by atoms with van der Waals surface area (Å²) >= 11 is 1.19. The highest BCUT2D eigenvalue weighted by Crippen LogP contribution is 2.19. The Balaban J connectivity index is 1.61. The Morgan fingerprint density at radius 2 is 1.61 bits per heavy atom. The van der Waals surface area contributed by atoms with Crippen LogP contribution in [-0.4, -0.2) is 19.3 Å². The highest BCUT2D eigenvalue weighted by Gasteiger charge is 2.18. The van der Waals surface area contributed by atoms with Crippen molar-refractivity contribution in [2.45, 2.75) is 6.54 Å². The lowest BCUT2D eigenvalue weighted by Gasteiger charge is -2.10. The van der Waals surface area contributed by atoms with Gasteiger partial charge in [-0.3, -0.25) is 9.36 Å². The van der Waals surface area contributed by atoms with Crippen LogP contribution in [0.15, 0.2) is 74.1 Å². The van der Waals surface area contributed by atoms with E-state index in [-0.39, 0.29) is 29.8 Å². The topological polar surface area (TPSA) is 82.9 Å². The molecule has 0 N–H and O–H groups in total. The Morgan fingerprint density at radius 1 is 0.935 bits per heavy atom. The quantitative estimate of drug-likeness (QED) is 0.428. The first kappa shape index (κ1) is 19.1. The van der Waals surface area contributed by atoms with Crippen LogP contribution in [0.1, 0.15) is 5.89 Å². The van der Waals surface area contributed by atoms with Crippen LogP contribution in [0, 0.1) is 11.6 Å². The molecule has 3 aromatic heterocycles. The molecular weight excluding hydrogens is 426 g/mol. The maximum Gasteiger partial charge on any atom is 0.336 e. The standard InChI is InChI=1S/C21H12F2N4O3S/c22-13-3-1-12(2-4-13)19-24-17(30-25-19)11-26-16-9-10-31-18(16)20(28)27(21(26)29)15-7-5-14(23)6-8-15/h1-10H,11H2. The second-order valence-electron chi connectivity index (χ2n) is 6.64. The van der Waals surface area contributed by atoms with Gasteiger partial charge in [-0.15, -0.1) is 11.3 Å². The molecule has 0 fully saturated rings. The largest absolute Gasteiger partial charge is 0.337 e. The van der Waals surface area contributed by atoms with Gasteiger partial charge >= 0.3 is 5.69 Å². The lowest BCUT2D eigenvalue weighted by atomic mass is 10.2. The van der Waals surface area contributed by atoms with Crippen molar-refractivity contribution in [1.29, 1.82) is 0 Å². The van der Waals surface area contributed by atoms with Crippen molar-refractivity contribution in [3.05, 3.63) is 98.3 Å². The fraction of sp³-hybridized carbons (Fsp3) is 0.0476. The minimum atomic E-state index is -0.621. The van der Waals surface area contributed by atoms with Crippen LogP contribution in [0.3, 0.4) is 0 Å². The number of hydrogen-bond donors (Lipinski definition) is 0. The van der Waals surface area contributed by atoms with Gasteiger partial charge in [-0.1, -0.05) is 5.16 Å². The Morgan fingerprint density at radius 3 is 2.32 bits per heavy atom. The molecule has 7 nitrogen and oxygen atoms in total. The zero-order chi connectivity index (χ0) is 21.5. The molecule has 10 heteroatoms. The number of halogens is 2. The Hall–Kier alpha value is -3.92. The molecule has 5 rings (SSSR count). The monoisotopic (exact) mass is 438 g/mol. The molecule has 2 aromatic carbocycles. The fourth-order valence-electron chi connectivity index (χ4n) is 3.23. The smallest absolute Gasteiger partial charge is 0.336 e.